The van der Waals surface area contributed by atoms with E-state index in [0.29, 0.717) is 15.5 Å². The minimum absolute atomic E-state index is 0.0953. The second-order valence-corrected chi connectivity index (χ2v) is 5.86. The third-order valence-electron chi connectivity index (χ3n) is 2.31. The first kappa shape index (κ1) is 14.5. The number of nitro groups is 1. The molecule has 4 nitrogen and oxygen atoms in total. The molecule has 1 aromatic rings. The summed E-state index contributed by atoms with van der Waals surface area (Å²) in [4.78, 5) is 10.4. The molecule has 0 aromatic heterocycles. The Morgan fingerprint density at radius 3 is 2.88 bits per heavy atom. The second-order valence-electron chi connectivity index (χ2n) is 3.64. The maximum Gasteiger partial charge on any atom is 0.283 e. The third kappa shape index (κ3) is 4.29. The molecular formula is C11H14BrNO3S. The van der Waals surface area contributed by atoms with Crippen LogP contribution in [0.5, 0.6) is 0 Å². The maximum absolute atomic E-state index is 10.8. The lowest BCUT2D eigenvalue weighted by molar-refractivity contribution is -0.385. The van der Waals surface area contributed by atoms with Gasteiger partial charge in [-0.1, -0.05) is 19.1 Å². The molecule has 0 spiro atoms. The second kappa shape index (κ2) is 6.98. The first-order valence-electron chi connectivity index (χ1n) is 5.20. The highest BCUT2D eigenvalue weighted by atomic mass is 79.9. The SMILES string of the molecule is CC(CCO)SCc1cccc([N+](=O)[O-])c1Br. The smallest absolute Gasteiger partial charge is 0.283 e. The largest absolute Gasteiger partial charge is 0.396 e. The molecule has 0 aliphatic rings. The number of aliphatic hydroxyl groups excluding tert-OH is 1. The zero-order valence-electron chi connectivity index (χ0n) is 9.43. The molecule has 1 atom stereocenters. The number of nitrogens with zero attached hydrogens (tertiary/aromatic N) is 1. The summed E-state index contributed by atoms with van der Waals surface area (Å²) < 4.78 is 0.550. The van der Waals surface area contributed by atoms with Crippen molar-refractivity contribution in [2.45, 2.75) is 24.3 Å². The first-order valence-corrected chi connectivity index (χ1v) is 7.04. The lowest BCUT2D eigenvalue weighted by atomic mass is 10.2. The van der Waals surface area contributed by atoms with Gasteiger partial charge >= 0.3 is 0 Å². The number of thioether (sulfide) groups is 1. The number of halogens is 1. The van der Waals surface area contributed by atoms with Crippen LogP contribution >= 0.6 is 27.7 Å². The molecule has 0 radical (unpaired) electrons. The molecule has 94 valence electrons. The lowest BCUT2D eigenvalue weighted by Gasteiger charge is -2.10. The van der Waals surface area contributed by atoms with Crippen molar-refractivity contribution in [3.63, 3.8) is 0 Å². The highest BCUT2D eigenvalue weighted by Gasteiger charge is 2.15. The number of aliphatic hydroxyl groups is 1. The van der Waals surface area contributed by atoms with E-state index in [9.17, 15) is 10.1 Å². The van der Waals surface area contributed by atoms with Crippen LogP contribution in [0.25, 0.3) is 0 Å². The van der Waals surface area contributed by atoms with E-state index in [1.54, 1.807) is 17.8 Å². The third-order valence-corrected chi connectivity index (χ3v) is 4.51. The Kier molecular flexibility index (Phi) is 5.94. The molecule has 0 fully saturated rings. The van der Waals surface area contributed by atoms with Gasteiger partial charge in [0.25, 0.3) is 5.69 Å². The molecule has 1 N–H and O–H groups in total. The Hall–Kier alpha value is -0.590. The van der Waals surface area contributed by atoms with Crippen molar-refractivity contribution < 1.29 is 10.0 Å². The highest BCUT2D eigenvalue weighted by Crippen LogP contribution is 2.31. The Morgan fingerprint density at radius 2 is 2.29 bits per heavy atom. The minimum Gasteiger partial charge on any atom is -0.396 e. The predicted molar refractivity (Wildman–Crippen MR) is 73.3 cm³/mol. The lowest BCUT2D eigenvalue weighted by Crippen LogP contribution is -2.00. The van der Waals surface area contributed by atoms with E-state index in [-0.39, 0.29) is 12.3 Å². The van der Waals surface area contributed by atoms with Gasteiger partial charge < -0.3 is 5.11 Å². The van der Waals surface area contributed by atoms with Crippen molar-refractivity contribution in [3.05, 3.63) is 38.3 Å². The molecule has 1 rings (SSSR count). The summed E-state index contributed by atoms with van der Waals surface area (Å²) in [5.41, 5.74) is 1.01. The van der Waals surface area contributed by atoms with Crippen molar-refractivity contribution in [1.29, 1.82) is 0 Å². The molecular weight excluding hydrogens is 306 g/mol. The summed E-state index contributed by atoms with van der Waals surface area (Å²) in [5, 5.41) is 19.9. The van der Waals surface area contributed by atoms with Crippen LogP contribution in [0.15, 0.2) is 22.7 Å². The predicted octanol–water partition coefficient (Wildman–Crippen LogP) is 3.36. The monoisotopic (exact) mass is 319 g/mol. The quantitative estimate of drug-likeness (QED) is 0.645. The summed E-state index contributed by atoms with van der Waals surface area (Å²) in [6.07, 6.45) is 0.733. The normalized spacial score (nSPS) is 12.4. The van der Waals surface area contributed by atoms with E-state index in [0.717, 1.165) is 12.0 Å². The van der Waals surface area contributed by atoms with Crippen LogP contribution in [-0.4, -0.2) is 21.9 Å². The van der Waals surface area contributed by atoms with Crippen molar-refractivity contribution in [2.24, 2.45) is 0 Å². The fourth-order valence-electron chi connectivity index (χ4n) is 1.32. The minimum atomic E-state index is -0.393. The molecule has 17 heavy (non-hydrogen) atoms. The van der Waals surface area contributed by atoms with Crippen LogP contribution in [0.1, 0.15) is 18.9 Å². The van der Waals surface area contributed by atoms with Gasteiger partial charge in [0.2, 0.25) is 0 Å². The van der Waals surface area contributed by atoms with Crippen LogP contribution in [-0.2, 0) is 5.75 Å². The average Bonchev–Trinajstić information content (AvgIpc) is 2.27. The Balaban J connectivity index is 2.72. The van der Waals surface area contributed by atoms with Crippen LogP contribution < -0.4 is 0 Å². The molecule has 1 aromatic carbocycles. The fraction of sp³-hybridized carbons (Fsp3) is 0.455. The zero-order chi connectivity index (χ0) is 12.8. The van der Waals surface area contributed by atoms with Gasteiger partial charge in [0.15, 0.2) is 0 Å². The Labute approximate surface area is 113 Å². The van der Waals surface area contributed by atoms with Crippen LogP contribution in [0.4, 0.5) is 5.69 Å². The fourth-order valence-corrected chi connectivity index (χ4v) is 3.03. The summed E-state index contributed by atoms with van der Waals surface area (Å²) in [6.45, 7) is 2.20. The van der Waals surface area contributed by atoms with Gasteiger partial charge in [-0.05, 0) is 27.9 Å². The first-order chi connectivity index (χ1) is 8.06. The number of hydrogen-bond donors (Lipinski definition) is 1. The average molecular weight is 320 g/mol. The number of benzene rings is 1. The topological polar surface area (TPSA) is 63.4 Å². The molecule has 0 aliphatic heterocycles. The van der Waals surface area contributed by atoms with Crippen LogP contribution in [0.2, 0.25) is 0 Å². The molecule has 0 amide bonds. The molecule has 0 heterocycles. The molecule has 6 heteroatoms. The summed E-state index contributed by atoms with van der Waals surface area (Å²) in [5.74, 6) is 0.698. The van der Waals surface area contributed by atoms with Crippen molar-refractivity contribution in [2.75, 3.05) is 6.61 Å². The summed E-state index contributed by atoms with van der Waals surface area (Å²) in [6, 6.07) is 5.04. The number of hydrogen-bond acceptors (Lipinski definition) is 4. The molecule has 0 aliphatic carbocycles. The van der Waals surface area contributed by atoms with E-state index < -0.39 is 4.92 Å². The van der Waals surface area contributed by atoms with E-state index in [1.807, 2.05) is 13.0 Å². The van der Waals surface area contributed by atoms with Crippen molar-refractivity contribution in [1.82, 2.24) is 0 Å². The van der Waals surface area contributed by atoms with Crippen LogP contribution in [0, 0.1) is 10.1 Å². The highest BCUT2D eigenvalue weighted by molar-refractivity contribution is 9.10. The Bertz CT molecular complexity index is 400. The zero-order valence-corrected chi connectivity index (χ0v) is 11.8. The molecule has 0 bridgehead atoms. The van der Waals surface area contributed by atoms with E-state index >= 15 is 0 Å². The standard InChI is InChI=1S/C11H14BrNO3S/c1-8(5-6-14)17-7-9-3-2-4-10(11(9)12)13(15)16/h2-4,8,14H,5-7H2,1H3. The van der Waals surface area contributed by atoms with E-state index in [1.165, 1.54) is 6.07 Å². The molecule has 0 saturated carbocycles. The van der Waals surface area contributed by atoms with E-state index in [2.05, 4.69) is 15.9 Å². The number of rotatable bonds is 6. The molecule has 1 unspecified atom stereocenters. The van der Waals surface area contributed by atoms with Crippen molar-refractivity contribution in [3.8, 4) is 0 Å². The summed E-state index contributed by atoms with van der Waals surface area (Å²) in [7, 11) is 0. The van der Waals surface area contributed by atoms with E-state index in [4.69, 9.17) is 5.11 Å². The van der Waals surface area contributed by atoms with Crippen LogP contribution in [0.3, 0.4) is 0 Å². The number of nitro benzene ring substituents is 1. The van der Waals surface area contributed by atoms with Gasteiger partial charge in [-0.15, -0.1) is 0 Å². The Morgan fingerprint density at radius 1 is 1.59 bits per heavy atom. The van der Waals surface area contributed by atoms with Gasteiger partial charge in [-0.3, -0.25) is 10.1 Å². The summed E-state index contributed by atoms with van der Waals surface area (Å²) >= 11 is 4.94. The molecule has 0 saturated heterocycles. The van der Waals surface area contributed by atoms with Gasteiger partial charge in [0.05, 0.1) is 9.40 Å². The van der Waals surface area contributed by atoms with Gasteiger partial charge in [-0.25, -0.2) is 0 Å². The van der Waals surface area contributed by atoms with Gasteiger partial charge in [-0.2, -0.15) is 11.8 Å². The van der Waals surface area contributed by atoms with Crippen molar-refractivity contribution >= 4 is 33.4 Å². The maximum atomic E-state index is 10.8. The van der Waals surface area contributed by atoms with Gasteiger partial charge in [0, 0.05) is 23.7 Å². The van der Waals surface area contributed by atoms with Gasteiger partial charge in [0.1, 0.15) is 0 Å².